The molecule has 1 N–H and O–H groups in total. The van der Waals surface area contributed by atoms with Gasteiger partial charge in [-0.15, -0.1) is 0 Å². The third kappa shape index (κ3) is 8.21. The summed E-state index contributed by atoms with van der Waals surface area (Å²) in [5.41, 5.74) is 1.89. The van der Waals surface area contributed by atoms with Crippen LogP contribution in [0.15, 0.2) is 83.8 Å². The van der Waals surface area contributed by atoms with E-state index in [0.717, 1.165) is 36.1 Å². The maximum atomic E-state index is 15.9. The number of hydrogen-bond donors (Lipinski definition) is 1. The summed E-state index contributed by atoms with van der Waals surface area (Å²) in [6.45, 7) is 5.39. The molecule has 0 aliphatic carbocycles. The number of fused-ring (bicyclic) bond motifs is 1. The smallest absolute Gasteiger partial charge is 0.260 e. The molecule has 0 saturated carbocycles. The molecule has 2 aromatic heterocycles. The number of ether oxygens (including phenoxy) is 3. The fraction of sp³-hybridized carbons (Fsp3) is 0.300. The van der Waals surface area contributed by atoms with Gasteiger partial charge in [0.1, 0.15) is 5.65 Å². The lowest BCUT2D eigenvalue weighted by Gasteiger charge is -2.28. The number of likely N-dealkylation sites (N-methyl/N-ethyl adjacent to an activating group) is 1. The highest BCUT2D eigenvalue weighted by molar-refractivity contribution is 5.91. The van der Waals surface area contributed by atoms with E-state index in [0.29, 0.717) is 30.7 Å². The van der Waals surface area contributed by atoms with E-state index in [1.54, 1.807) is 13.0 Å². The average Bonchev–Trinajstić information content (AvgIpc) is 3.15. The largest absolute Gasteiger partial charge is 0.494 e. The summed E-state index contributed by atoms with van der Waals surface area (Å²) < 4.78 is 48.9. The van der Waals surface area contributed by atoms with Crippen LogP contribution in [0, 0.1) is 11.6 Å². The molecule has 0 amide bonds. The Balaban J connectivity index is 1.44. The molecule has 3 heterocycles. The number of methoxy groups -OCH3 is 2. The van der Waals surface area contributed by atoms with Crippen molar-refractivity contribution in [3.05, 3.63) is 112 Å². The molecule has 1 aliphatic heterocycles. The Morgan fingerprint density at radius 1 is 1.02 bits per heavy atom. The standard InChI is InChI=1S/C40H42F2N6O5/c1-25(27-9-6-8-26(20-27)21-31(49)10-7-15-46(2)3)48-38-28(22-32(39(48)50)35-36(41)33(51-4)23-34(52-5)37(35)42)24-43-40(45-38)44-29-11-13-30(14-12-29)47-16-18-53-19-17-47/h6-14,20,22-25H,15-19,21H2,1-5H3,(H,43,44,45)/b10-7+. The summed E-state index contributed by atoms with van der Waals surface area (Å²) >= 11 is 0. The van der Waals surface area contributed by atoms with Crippen molar-refractivity contribution in [1.82, 2.24) is 19.4 Å². The minimum absolute atomic E-state index is 0.0689. The van der Waals surface area contributed by atoms with Gasteiger partial charge < -0.3 is 29.3 Å². The summed E-state index contributed by atoms with van der Waals surface area (Å²) in [4.78, 5) is 40.8. The van der Waals surface area contributed by atoms with Gasteiger partial charge in [-0.1, -0.05) is 30.3 Å². The first-order chi connectivity index (χ1) is 25.6. The van der Waals surface area contributed by atoms with Crippen LogP contribution < -0.4 is 25.2 Å². The molecule has 0 radical (unpaired) electrons. The number of carbonyl (C=O) groups excluding carboxylic acids is 1. The number of hydrogen-bond acceptors (Lipinski definition) is 10. The van der Waals surface area contributed by atoms with Crippen LogP contribution in [-0.2, 0) is 16.0 Å². The van der Waals surface area contributed by atoms with Crippen LogP contribution in [0.2, 0.25) is 0 Å². The van der Waals surface area contributed by atoms with Crippen molar-refractivity contribution in [2.45, 2.75) is 19.4 Å². The molecule has 0 bridgehead atoms. The first kappa shape index (κ1) is 37.1. The first-order valence-corrected chi connectivity index (χ1v) is 17.2. The van der Waals surface area contributed by atoms with Gasteiger partial charge in [0, 0.05) is 55.1 Å². The number of halogens is 2. The second-order valence-corrected chi connectivity index (χ2v) is 13.0. The van der Waals surface area contributed by atoms with Gasteiger partial charge in [-0.3, -0.25) is 14.2 Å². The Morgan fingerprint density at radius 2 is 1.72 bits per heavy atom. The van der Waals surface area contributed by atoms with E-state index in [-0.39, 0.29) is 40.9 Å². The van der Waals surface area contributed by atoms with Crippen molar-refractivity contribution in [2.75, 3.05) is 71.4 Å². The van der Waals surface area contributed by atoms with Gasteiger partial charge in [-0.2, -0.15) is 4.98 Å². The third-order valence-corrected chi connectivity index (χ3v) is 9.09. The highest BCUT2D eigenvalue weighted by atomic mass is 19.1. The van der Waals surface area contributed by atoms with Gasteiger partial charge in [0.25, 0.3) is 5.56 Å². The molecule has 53 heavy (non-hydrogen) atoms. The number of aromatic nitrogens is 3. The van der Waals surface area contributed by atoms with Crippen molar-refractivity contribution in [2.24, 2.45) is 0 Å². The van der Waals surface area contributed by atoms with E-state index in [1.807, 2.05) is 73.6 Å². The maximum absolute atomic E-state index is 15.9. The molecule has 5 aromatic rings. The minimum Gasteiger partial charge on any atom is -0.494 e. The van der Waals surface area contributed by atoms with Gasteiger partial charge in [0.05, 0.1) is 44.6 Å². The number of anilines is 3. The molecule has 3 aromatic carbocycles. The molecule has 11 nitrogen and oxygen atoms in total. The minimum atomic E-state index is -1.05. The van der Waals surface area contributed by atoms with E-state index in [2.05, 4.69) is 15.2 Å². The van der Waals surface area contributed by atoms with Gasteiger partial charge in [-0.25, -0.2) is 13.8 Å². The number of benzene rings is 3. The van der Waals surface area contributed by atoms with Gasteiger partial charge >= 0.3 is 0 Å². The molecule has 13 heteroatoms. The second kappa shape index (κ2) is 16.3. The van der Waals surface area contributed by atoms with Crippen molar-refractivity contribution in [3.8, 4) is 22.6 Å². The SMILES string of the molecule is COc1cc(OC)c(F)c(-c2cc3cnc(Nc4ccc(N5CCOCC5)cc4)nc3n(C(C)c3cccc(CC(=O)/C=C/CN(C)C)c3)c2=O)c1F. The van der Waals surface area contributed by atoms with Crippen molar-refractivity contribution in [3.63, 3.8) is 0 Å². The Hall–Kier alpha value is -5.66. The zero-order valence-electron chi connectivity index (χ0n) is 30.4. The van der Waals surface area contributed by atoms with Gasteiger partial charge in [0.2, 0.25) is 5.95 Å². The molecule has 276 valence electrons. The highest BCUT2D eigenvalue weighted by Gasteiger charge is 2.27. The summed E-state index contributed by atoms with van der Waals surface area (Å²) in [6, 6.07) is 16.9. The molecule has 1 fully saturated rings. The van der Waals surface area contributed by atoms with Crippen LogP contribution >= 0.6 is 0 Å². The molecular formula is C40H42F2N6O5. The number of nitrogens with zero attached hydrogens (tertiary/aromatic N) is 5. The van der Waals surface area contributed by atoms with E-state index in [4.69, 9.17) is 19.2 Å². The monoisotopic (exact) mass is 724 g/mol. The van der Waals surface area contributed by atoms with Crippen molar-refractivity contribution in [1.29, 1.82) is 0 Å². The van der Waals surface area contributed by atoms with Crippen molar-refractivity contribution >= 4 is 34.1 Å². The van der Waals surface area contributed by atoms with Crippen LogP contribution in [0.25, 0.3) is 22.2 Å². The summed E-state index contributed by atoms with van der Waals surface area (Å²) in [5.74, 6) is -2.53. The second-order valence-electron chi connectivity index (χ2n) is 13.0. The summed E-state index contributed by atoms with van der Waals surface area (Å²) in [6.07, 6.45) is 5.02. The fourth-order valence-electron chi connectivity index (χ4n) is 6.31. The van der Waals surface area contributed by atoms with Crippen LogP contribution in [0.1, 0.15) is 24.1 Å². The summed E-state index contributed by atoms with van der Waals surface area (Å²) in [5, 5.41) is 3.58. The van der Waals surface area contributed by atoms with Crippen LogP contribution in [0.4, 0.5) is 26.1 Å². The van der Waals surface area contributed by atoms with Crippen LogP contribution in [-0.4, -0.2) is 86.4 Å². The Kier molecular flexibility index (Phi) is 11.4. The number of rotatable bonds is 13. The fourth-order valence-corrected chi connectivity index (χ4v) is 6.31. The highest BCUT2D eigenvalue weighted by Crippen LogP contribution is 2.38. The van der Waals surface area contributed by atoms with Crippen LogP contribution in [0.5, 0.6) is 11.5 Å². The van der Waals surface area contributed by atoms with Crippen LogP contribution in [0.3, 0.4) is 0 Å². The first-order valence-electron chi connectivity index (χ1n) is 17.2. The molecule has 1 aliphatic rings. The van der Waals surface area contributed by atoms with E-state index in [9.17, 15) is 9.59 Å². The number of nitrogens with one attached hydrogen (secondary N) is 1. The van der Waals surface area contributed by atoms with E-state index < -0.39 is 28.8 Å². The molecule has 1 unspecified atom stereocenters. The molecule has 6 rings (SSSR count). The third-order valence-electron chi connectivity index (χ3n) is 9.09. The van der Waals surface area contributed by atoms with E-state index in [1.165, 1.54) is 31.0 Å². The normalized spacial score (nSPS) is 13.8. The average molecular weight is 725 g/mol. The molecule has 0 spiro atoms. The molecule has 1 saturated heterocycles. The topological polar surface area (TPSA) is 111 Å². The quantitative estimate of drug-likeness (QED) is 0.142. The lowest BCUT2D eigenvalue weighted by molar-refractivity contribution is -0.114. The van der Waals surface area contributed by atoms with E-state index >= 15 is 8.78 Å². The zero-order valence-corrected chi connectivity index (χ0v) is 30.4. The number of pyridine rings is 1. The maximum Gasteiger partial charge on any atom is 0.260 e. The van der Waals surface area contributed by atoms with Gasteiger partial charge in [0.15, 0.2) is 28.9 Å². The Labute approximate surface area is 306 Å². The number of morpholine rings is 1. The predicted octanol–water partition coefficient (Wildman–Crippen LogP) is 6.17. The predicted molar refractivity (Wildman–Crippen MR) is 202 cm³/mol. The molecule has 1 atom stereocenters. The Bertz CT molecular complexity index is 2170. The number of carbonyl (C=O) groups is 1. The lowest BCUT2D eigenvalue weighted by atomic mass is 10.00. The van der Waals surface area contributed by atoms with Gasteiger partial charge in [-0.05, 0) is 68.6 Å². The summed E-state index contributed by atoms with van der Waals surface area (Å²) in [7, 11) is 6.33. The lowest BCUT2D eigenvalue weighted by Crippen LogP contribution is -2.36. The number of ketones is 1. The Morgan fingerprint density at radius 3 is 2.38 bits per heavy atom. The zero-order chi connectivity index (χ0) is 37.6. The molecular weight excluding hydrogens is 682 g/mol. The van der Waals surface area contributed by atoms with Crippen molar-refractivity contribution < 1.29 is 27.8 Å². The number of allylic oxidation sites excluding steroid dienone is 1.